The molecule has 1 atom stereocenters. The smallest absolute Gasteiger partial charge is 0.266 e. The van der Waals surface area contributed by atoms with Crippen LogP contribution in [0.4, 0.5) is 0 Å². The first-order chi connectivity index (χ1) is 29.2. The fourth-order valence-electron chi connectivity index (χ4n) is 7.59. The number of hydrogen-bond acceptors (Lipinski definition) is 13. The summed E-state index contributed by atoms with van der Waals surface area (Å²) < 4.78 is 43.2. The van der Waals surface area contributed by atoms with E-state index in [-0.39, 0.29) is 71.2 Å². The highest BCUT2D eigenvalue weighted by Crippen LogP contribution is 2.38. The lowest BCUT2D eigenvalue weighted by Crippen LogP contribution is -2.54. The van der Waals surface area contributed by atoms with Crippen molar-refractivity contribution < 1.29 is 46.6 Å². The molecule has 0 spiro atoms. The minimum absolute atomic E-state index is 0.0365. The number of thiophene rings is 1. The van der Waals surface area contributed by atoms with E-state index in [4.69, 9.17) is 19.9 Å². The number of amides is 5. The summed E-state index contributed by atoms with van der Waals surface area (Å²) >= 11 is 1.33. The number of aryl methyl sites for hydroxylation is 1. The van der Waals surface area contributed by atoms with Crippen molar-refractivity contribution in [3.05, 3.63) is 75.0 Å². The van der Waals surface area contributed by atoms with Gasteiger partial charge < -0.3 is 29.8 Å². The molecule has 0 bridgehead atoms. The number of aliphatic imine (C=N–C) groups is 1. The molecule has 0 unspecified atom stereocenters. The molecular weight excluding hydrogens is 829 g/mol. The van der Waals surface area contributed by atoms with Gasteiger partial charge in [-0.1, -0.05) is 25.0 Å². The lowest BCUT2D eigenvalue weighted by atomic mass is 10.0. The Labute approximate surface area is 355 Å². The molecule has 7 rings (SSSR count). The molecule has 17 nitrogen and oxygen atoms in total. The number of fused-ring (bicyclic) bond motifs is 2. The van der Waals surface area contributed by atoms with Gasteiger partial charge in [-0.2, -0.15) is 0 Å². The minimum Gasteiger partial charge on any atom is -0.493 e. The normalized spacial score (nSPS) is 18.0. The molecule has 2 fully saturated rings. The van der Waals surface area contributed by atoms with Gasteiger partial charge in [-0.3, -0.25) is 44.0 Å². The molecule has 0 radical (unpaired) electrons. The molecule has 4 N–H and O–H groups in total. The van der Waals surface area contributed by atoms with Crippen LogP contribution in [0.15, 0.2) is 58.4 Å². The Morgan fingerprint density at radius 1 is 0.934 bits per heavy atom. The number of methoxy groups -OCH3 is 1. The number of nitrogens with two attached hydrogens (primary N) is 1. The Bertz CT molecular complexity index is 2600. The number of aromatic nitrogens is 1. The summed E-state index contributed by atoms with van der Waals surface area (Å²) in [5, 5.41) is 5.52. The highest BCUT2D eigenvalue weighted by atomic mass is 32.2. The predicted octanol–water partition coefficient (Wildman–Crippen LogP) is 3.09. The quantitative estimate of drug-likeness (QED) is 0.0638. The molecule has 0 aliphatic carbocycles. The molecule has 61 heavy (non-hydrogen) atoms. The highest BCUT2D eigenvalue weighted by molar-refractivity contribution is 7.91. The van der Waals surface area contributed by atoms with Crippen LogP contribution in [0.25, 0.3) is 21.2 Å². The van der Waals surface area contributed by atoms with Crippen molar-refractivity contribution in [2.24, 2.45) is 17.8 Å². The molecule has 4 aromatic rings. The van der Waals surface area contributed by atoms with Crippen molar-refractivity contribution in [1.82, 2.24) is 20.1 Å². The van der Waals surface area contributed by atoms with Gasteiger partial charge in [0.1, 0.15) is 27.5 Å². The molecule has 5 amide bonds. The van der Waals surface area contributed by atoms with E-state index in [9.17, 15) is 37.2 Å². The monoisotopic (exact) mass is 874 g/mol. The number of hydrogen-bond donors (Lipinski definition) is 3. The van der Waals surface area contributed by atoms with Gasteiger partial charge in [0.25, 0.3) is 23.3 Å². The number of carbonyl (C=O) groups is 5. The summed E-state index contributed by atoms with van der Waals surface area (Å²) in [5.74, 6) is -1.21. The van der Waals surface area contributed by atoms with Crippen molar-refractivity contribution in [3.63, 3.8) is 0 Å². The van der Waals surface area contributed by atoms with Gasteiger partial charge in [-0.25, -0.2) is 8.42 Å². The van der Waals surface area contributed by atoms with E-state index in [0.29, 0.717) is 65.3 Å². The Morgan fingerprint density at radius 2 is 1.70 bits per heavy atom. The van der Waals surface area contributed by atoms with Crippen LogP contribution >= 0.6 is 11.3 Å². The first-order valence-corrected chi connectivity index (χ1v) is 22.6. The lowest BCUT2D eigenvalue weighted by Gasteiger charge is -2.27. The van der Waals surface area contributed by atoms with Crippen LogP contribution in [0.2, 0.25) is 0 Å². The van der Waals surface area contributed by atoms with Crippen molar-refractivity contribution in [1.29, 1.82) is 0 Å². The Morgan fingerprint density at radius 3 is 2.46 bits per heavy atom. The van der Waals surface area contributed by atoms with Crippen LogP contribution in [-0.4, -0.2) is 104 Å². The molecule has 2 saturated heterocycles. The third-order valence-corrected chi connectivity index (χ3v) is 13.8. The number of sulfone groups is 1. The molecule has 2 aromatic heterocycles. The Kier molecular flexibility index (Phi) is 12.9. The zero-order valence-corrected chi connectivity index (χ0v) is 35.3. The van der Waals surface area contributed by atoms with Crippen LogP contribution in [0.3, 0.4) is 0 Å². The average molecular weight is 875 g/mol. The molecule has 0 saturated carbocycles. The van der Waals surface area contributed by atoms with Crippen LogP contribution < -0.4 is 36.1 Å². The number of imide groups is 2. The first kappa shape index (κ1) is 43.0. The maximum absolute atomic E-state index is 13.3. The van der Waals surface area contributed by atoms with Crippen molar-refractivity contribution in [2.45, 2.75) is 63.5 Å². The molecule has 5 heterocycles. The number of rotatable bonds is 16. The van der Waals surface area contributed by atoms with E-state index in [1.54, 1.807) is 43.6 Å². The largest absolute Gasteiger partial charge is 0.493 e. The standard InChI is InChI=1S/C42H46N6O11S2/c1-47-22-28(37-27(40(47)52)21-33(60-37)38(43)45-25-14-18-61(55,56)19-15-25)24-10-12-30(32(20-24)57-2)59-23-35(50)44-16-5-3-4-6-17-58-31-9-7-8-26-36(31)42(54)48(41(26)53)29-11-13-34(49)46-39(29)51/h7-10,12,20-22,25,29H,3-6,11,13-19,23H2,1-2H3,(H2,43,45)(H,44,50)(H,46,49,51)/t29-/m0/s1. The molecule has 2 aromatic carbocycles. The van der Waals surface area contributed by atoms with Crippen molar-refractivity contribution in [3.8, 4) is 28.4 Å². The topological polar surface area (TPSA) is 235 Å². The van der Waals surface area contributed by atoms with Crippen LogP contribution in [0, 0.1) is 0 Å². The predicted molar refractivity (Wildman–Crippen MR) is 227 cm³/mol. The van der Waals surface area contributed by atoms with E-state index in [2.05, 4.69) is 15.6 Å². The maximum atomic E-state index is 13.3. The van der Waals surface area contributed by atoms with Crippen LogP contribution in [-0.2, 0) is 31.3 Å². The number of benzene rings is 2. The van der Waals surface area contributed by atoms with E-state index in [1.165, 1.54) is 29.1 Å². The third kappa shape index (κ3) is 9.47. The lowest BCUT2D eigenvalue weighted by molar-refractivity contribution is -0.136. The maximum Gasteiger partial charge on any atom is 0.266 e. The number of piperidine rings is 1. The highest BCUT2D eigenvalue weighted by Gasteiger charge is 2.46. The molecular formula is C42H46N6O11S2. The van der Waals surface area contributed by atoms with Gasteiger partial charge in [-0.15, -0.1) is 11.3 Å². The number of nitrogens with one attached hydrogen (secondary N) is 2. The van der Waals surface area contributed by atoms with Crippen LogP contribution in [0.1, 0.15) is 77.0 Å². The van der Waals surface area contributed by atoms with Gasteiger partial charge >= 0.3 is 0 Å². The minimum atomic E-state index is -3.04. The molecule has 19 heteroatoms. The van der Waals surface area contributed by atoms with E-state index in [0.717, 1.165) is 28.9 Å². The number of nitrogens with zero attached hydrogens (tertiary/aromatic N) is 3. The average Bonchev–Trinajstić information content (AvgIpc) is 3.80. The number of carbonyl (C=O) groups excluding carboxylic acids is 5. The SMILES string of the molecule is COc1cc(-c2cn(C)c(=O)c3cc(C(N)=NC4CCS(=O)(=O)CC4)sc23)ccc1OCC(=O)NCCCCCCOc1cccc2c1C(=O)N([C@H]1CCC(=O)NC1=O)C2=O. The van der Waals surface area contributed by atoms with E-state index >= 15 is 0 Å². The van der Waals surface area contributed by atoms with Crippen LogP contribution in [0.5, 0.6) is 17.2 Å². The summed E-state index contributed by atoms with van der Waals surface area (Å²) in [6.45, 7) is 0.485. The van der Waals surface area contributed by atoms with Gasteiger partial charge in [0, 0.05) is 36.5 Å². The number of ether oxygens (including phenoxy) is 3. The Hall–Kier alpha value is -6.08. The number of unbranched alkanes of at least 4 members (excludes halogenated alkanes) is 3. The Balaban J connectivity index is 0.869. The summed E-state index contributed by atoms with van der Waals surface area (Å²) in [6.07, 6.45) is 5.60. The van der Waals surface area contributed by atoms with Crippen molar-refractivity contribution in [2.75, 3.05) is 38.4 Å². The van der Waals surface area contributed by atoms with Gasteiger partial charge in [0.15, 0.2) is 18.1 Å². The van der Waals surface area contributed by atoms with E-state index in [1.807, 2.05) is 6.07 Å². The van der Waals surface area contributed by atoms with Gasteiger partial charge in [0.2, 0.25) is 11.8 Å². The molecule has 322 valence electrons. The van der Waals surface area contributed by atoms with Gasteiger partial charge in [-0.05, 0) is 68.0 Å². The second-order valence-corrected chi connectivity index (χ2v) is 18.5. The fraction of sp³-hybridized carbons (Fsp3) is 0.405. The van der Waals surface area contributed by atoms with Crippen molar-refractivity contribution >= 4 is 66.6 Å². The first-order valence-electron chi connectivity index (χ1n) is 20.0. The zero-order chi connectivity index (χ0) is 43.4. The number of pyridine rings is 1. The zero-order valence-electron chi connectivity index (χ0n) is 33.7. The second-order valence-electron chi connectivity index (χ2n) is 15.1. The molecule has 3 aliphatic rings. The number of amidine groups is 1. The van der Waals surface area contributed by atoms with E-state index < -0.39 is 39.5 Å². The summed E-state index contributed by atoms with van der Waals surface area (Å²) in [4.78, 5) is 82.2. The second kappa shape index (κ2) is 18.3. The molecule has 3 aliphatic heterocycles. The van der Waals surface area contributed by atoms with Gasteiger partial charge in [0.05, 0.1) is 52.7 Å². The summed E-state index contributed by atoms with van der Waals surface area (Å²) in [5.41, 5.74) is 7.96. The summed E-state index contributed by atoms with van der Waals surface area (Å²) in [7, 11) is 0.118. The fourth-order valence-corrected chi connectivity index (χ4v) is 10.2. The third-order valence-electron chi connectivity index (χ3n) is 10.9. The summed E-state index contributed by atoms with van der Waals surface area (Å²) in [6, 6.07) is 10.5.